The average Bonchev–Trinajstić information content (AvgIpc) is 2.99. The lowest BCUT2D eigenvalue weighted by atomic mass is 10.2. The smallest absolute Gasteiger partial charge is 0.279 e. The minimum absolute atomic E-state index is 0.00236. The highest BCUT2D eigenvalue weighted by Crippen LogP contribution is 2.19. The molecule has 0 fully saturated rings. The number of benzene rings is 2. The summed E-state index contributed by atoms with van der Waals surface area (Å²) in [4.78, 5) is 12.8. The van der Waals surface area contributed by atoms with E-state index in [1.807, 2.05) is 78.2 Å². The van der Waals surface area contributed by atoms with E-state index in [0.29, 0.717) is 5.52 Å². The molecule has 4 rings (SSSR count). The molecule has 4 aromatic rings. The first-order chi connectivity index (χ1) is 10.3. The van der Waals surface area contributed by atoms with Gasteiger partial charge in [-0.1, -0.05) is 29.8 Å². The molecule has 0 aliphatic rings. The van der Waals surface area contributed by atoms with Crippen LogP contribution in [0.25, 0.3) is 22.2 Å². The molecule has 0 saturated heterocycles. The monoisotopic (exact) mass is 274 g/mol. The van der Waals surface area contributed by atoms with Crippen molar-refractivity contribution in [3.8, 4) is 5.69 Å². The van der Waals surface area contributed by atoms with Crippen molar-refractivity contribution >= 4 is 16.6 Å². The van der Waals surface area contributed by atoms with Gasteiger partial charge in [-0.2, -0.15) is 0 Å². The van der Waals surface area contributed by atoms with Crippen LogP contribution in [0, 0.1) is 6.92 Å². The minimum Gasteiger partial charge on any atom is -0.310 e. The molecule has 0 radical (unpaired) electrons. The van der Waals surface area contributed by atoms with Crippen LogP contribution in [0.5, 0.6) is 0 Å². The number of hydrogen-bond acceptors (Lipinski definition) is 1. The normalized spacial score (nSPS) is 11.3. The number of aryl methyl sites for hydroxylation is 1. The van der Waals surface area contributed by atoms with Gasteiger partial charge in [-0.25, -0.2) is 0 Å². The van der Waals surface area contributed by atoms with Crippen LogP contribution in [0.15, 0.2) is 71.7 Å². The van der Waals surface area contributed by atoms with Crippen molar-refractivity contribution in [3.05, 3.63) is 82.8 Å². The van der Waals surface area contributed by atoms with Crippen molar-refractivity contribution < 1.29 is 0 Å². The van der Waals surface area contributed by atoms with Gasteiger partial charge in [-0.15, -0.1) is 0 Å². The Labute approximate surface area is 121 Å². The summed E-state index contributed by atoms with van der Waals surface area (Å²) in [5.41, 5.74) is 4.70. The lowest BCUT2D eigenvalue weighted by molar-refractivity contribution is 1.02. The van der Waals surface area contributed by atoms with Crippen molar-refractivity contribution in [2.75, 3.05) is 0 Å². The molecule has 0 aliphatic heterocycles. The van der Waals surface area contributed by atoms with Crippen LogP contribution in [0.4, 0.5) is 0 Å². The molecule has 21 heavy (non-hydrogen) atoms. The summed E-state index contributed by atoms with van der Waals surface area (Å²) in [7, 11) is 0. The number of nitrogens with zero attached hydrogens (tertiary/aromatic N) is 2. The first-order valence-electron chi connectivity index (χ1n) is 6.93. The summed E-state index contributed by atoms with van der Waals surface area (Å²) in [6, 6.07) is 19.8. The number of aromatic nitrogens is 2. The zero-order valence-electron chi connectivity index (χ0n) is 11.7. The summed E-state index contributed by atoms with van der Waals surface area (Å²) in [6.07, 6.45) is 1.93. The van der Waals surface area contributed by atoms with Crippen molar-refractivity contribution in [2.24, 2.45) is 0 Å². The van der Waals surface area contributed by atoms with E-state index in [9.17, 15) is 4.79 Å². The third-order valence-electron chi connectivity index (χ3n) is 3.85. The van der Waals surface area contributed by atoms with E-state index in [-0.39, 0.29) is 5.56 Å². The molecule has 2 aromatic carbocycles. The first kappa shape index (κ1) is 12.0. The molecule has 3 heteroatoms. The van der Waals surface area contributed by atoms with Crippen LogP contribution >= 0.6 is 0 Å². The molecule has 3 nitrogen and oxygen atoms in total. The molecule has 0 N–H and O–H groups in total. The van der Waals surface area contributed by atoms with E-state index in [2.05, 4.69) is 0 Å². The first-order valence-corrected chi connectivity index (χ1v) is 6.93. The Balaban J connectivity index is 2.22. The number of fused-ring (bicyclic) bond motifs is 3. The van der Waals surface area contributed by atoms with E-state index in [1.54, 1.807) is 4.57 Å². The van der Waals surface area contributed by atoms with Gasteiger partial charge in [0.25, 0.3) is 5.56 Å². The standard InChI is InChI=1S/C18H14N2O/c1-13-8-10-14(11-9-13)20-16-6-3-2-5-15(16)19-12-4-7-17(19)18(20)21/h2-12H,1H3. The molecule has 0 bridgehead atoms. The maximum Gasteiger partial charge on any atom is 0.279 e. The molecule has 0 atom stereocenters. The second kappa shape index (κ2) is 4.35. The lowest BCUT2D eigenvalue weighted by Gasteiger charge is -2.12. The Morgan fingerprint density at radius 2 is 1.43 bits per heavy atom. The maximum atomic E-state index is 12.8. The van der Waals surface area contributed by atoms with Gasteiger partial charge >= 0.3 is 0 Å². The fourth-order valence-corrected chi connectivity index (χ4v) is 2.80. The predicted molar refractivity (Wildman–Crippen MR) is 85.2 cm³/mol. The molecule has 0 amide bonds. The highest BCUT2D eigenvalue weighted by molar-refractivity contribution is 5.80. The van der Waals surface area contributed by atoms with Crippen LogP contribution in [-0.2, 0) is 0 Å². The lowest BCUT2D eigenvalue weighted by Crippen LogP contribution is -2.21. The van der Waals surface area contributed by atoms with Gasteiger partial charge in [0.05, 0.1) is 11.0 Å². The molecule has 0 aliphatic carbocycles. The Morgan fingerprint density at radius 3 is 2.19 bits per heavy atom. The van der Waals surface area contributed by atoms with E-state index in [1.165, 1.54) is 5.56 Å². The van der Waals surface area contributed by atoms with Crippen molar-refractivity contribution in [1.29, 1.82) is 0 Å². The summed E-state index contributed by atoms with van der Waals surface area (Å²) in [5, 5.41) is 0. The largest absolute Gasteiger partial charge is 0.310 e. The van der Waals surface area contributed by atoms with Gasteiger partial charge in [0, 0.05) is 11.9 Å². The summed E-state index contributed by atoms with van der Waals surface area (Å²) >= 11 is 0. The number of hydrogen-bond donors (Lipinski definition) is 0. The van der Waals surface area contributed by atoms with Crippen LogP contribution < -0.4 is 5.56 Å². The van der Waals surface area contributed by atoms with Crippen molar-refractivity contribution in [2.45, 2.75) is 6.92 Å². The maximum absolute atomic E-state index is 12.8. The van der Waals surface area contributed by atoms with Crippen molar-refractivity contribution in [3.63, 3.8) is 0 Å². The highest BCUT2D eigenvalue weighted by atomic mass is 16.1. The van der Waals surface area contributed by atoms with E-state index >= 15 is 0 Å². The average molecular weight is 274 g/mol. The van der Waals surface area contributed by atoms with E-state index in [4.69, 9.17) is 0 Å². The van der Waals surface area contributed by atoms with E-state index in [0.717, 1.165) is 16.7 Å². The Kier molecular flexibility index (Phi) is 2.48. The number of rotatable bonds is 1. The van der Waals surface area contributed by atoms with Gasteiger partial charge in [-0.3, -0.25) is 9.36 Å². The summed E-state index contributed by atoms with van der Waals surface area (Å²) < 4.78 is 3.73. The molecular formula is C18H14N2O. The molecule has 102 valence electrons. The van der Waals surface area contributed by atoms with Crippen LogP contribution in [0.1, 0.15) is 5.56 Å². The zero-order chi connectivity index (χ0) is 14.4. The van der Waals surface area contributed by atoms with Gasteiger partial charge in [0.1, 0.15) is 5.52 Å². The van der Waals surface area contributed by atoms with Crippen LogP contribution in [0.3, 0.4) is 0 Å². The predicted octanol–water partition coefficient (Wildman–Crippen LogP) is 3.55. The molecule has 0 saturated carbocycles. The van der Waals surface area contributed by atoms with Crippen molar-refractivity contribution in [1.82, 2.24) is 8.97 Å². The Morgan fingerprint density at radius 1 is 0.762 bits per heavy atom. The van der Waals surface area contributed by atoms with Crippen LogP contribution in [-0.4, -0.2) is 8.97 Å². The van der Waals surface area contributed by atoms with E-state index < -0.39 is 0 Å². The van der Waals surface area contributed by atoms with Gasteiger partial charge < -0.3 is 4.40 Å². The second-order valence-corrected chi connectivity index (χ2v) is 5.23. The molecule has 0 unspecified atom stereocenters. The summed E-state index contributed by atoms with van der Waals surface area (Å²) in [6.45, 7) is 2.04. The zero-order valence-corrected chi connectivity index (χ0v) is 11.7. The van der Waals surface area contributed by atoms with Gasteiger partial charge in [0.15, 0.2) is 0 Å². The topological polar surface area (TPSA) is 26.4 Å². The van der Waals surface area contributed by atoms with Crippen LogP contribution in [0.2, 0.25) is 0 Å². The second-order valence-electron chi connectivity index (χ2n) is 5.23. The minimum atomic E-state index is 0.00236. The van der Waals surface area contributed by atoms with Gasteiger partial charge in [-0.05, 0) is 43.3 Å². The third kappa shape index (κ3) is 1.71. The molecular weight excluding hydrogens is 260 g/mol. The van der Waals surface area contributed by atoms with Gasteiger partial charge in [0.2, 0.25) is 0 Å². The molecule has 0 spiro atoms. The third-order valence-corrected chi connectivity index (χ3v) is 3.85. The fraction of sp³-hybridized carbons (Fsp3) is 0.0556. The summed E-state index contributed by atoms with van der Waals surface area (Å²) in [5.74, 6) is 0. The number of para-hydroxylation sites is 2. The fourth-order valence-electron chi connectivity index (χ4n) is 2.80. The highest BCUT2D eigenvalue weighted by Gasteiger charge is 2.11. The Hall–Kier alpha value is -2.81. The quantitative estimate of drug-likeness (QED) is 0.521. The molecule has 2 heterocycles. The SMILES string of the molecule is Cc1ccc(-n2c(=O)c3cccn3c3ccccc32)cc1. The Bertz CT molecular complexity index is 1010. The molecule has 2 aromatic heterocycles.